The van der Waals surface area contributed by atoms with E-state index in [0.717, 1.165) is 77.8 Å². The fourth-order valence-corrected chi connectivity index (χ4v) is 7.40. The highest BCUT2D eigenvalue weighted by Crippen LogP contribution is 2.44. The van der Waals surface area contributed by atoms with Crippen molar-refractivity contribution < 1.29 is 0 Å². The number of hydrogen-bond donors (Lipinski definition) is 1. The van der Waals surface area contributed by atoms with E-state index in [9.17, 15) is 4.79 Å². The van der Waals surface area contributed by atoms with Crippen LogP contribution in [0.3, 0.4) is 0 Å². The molecule has 1 saturated heterocycles. The molecule has 1 aromatic carbocycles. The van der Waals surface area contributed by atoms with Gasteiger partial charge in [-0.05, 0) is 62.1 Å². The number of halogens is 1. The van der Waals surface area contributed by atoms with Crippen molar-refractivity contribution in [2.45, 2.75) is 51.2 Å². The molecule has 6 heterocycles. The van der Waals surface area contributed by atoms with Crippen LogP contribution in [-0.2, 0) is 25.9 Å². The van der Waals surface area contributed by atoms with Crippen molar-refractivity contribution in [3.8, 4) is 11.1 Å². The summed E-state index contributed by atoms with van der Waals surface area (Å²) in [6.45, 7) is 4.43. The summed E-state index contributed by atoms with van der Waals surface area (Å²) in [6, 6.07) is 9.01. The molecule has 0 unspecified atom stereocenters. The summed E-state index contributed by atoms with van der Waals surface area (Å²) in [6.07, 6.45) is 7.15. The monoisotopic (exact) mass is 506 g/mol. The maximum atomic E-state index is 12.8. The molecule has 0 aliphatic carbocycles. The lowest BCUT2D eigenvalue weighted by Crippen LogP contribution is -2.40. The maximum absolute atomic E-state index is 12.8. The molecule has 1 atom stereocenters. The van der Waals surface area contributed by atoms with Crippen molar-refractivity contribution in [3.05, 3.63) is 62.2 Å². The van der Waals surface area contributed by atoms with E-state index < -0.39 is 0 Å². The van der Waals surface area contributed by atoms with Gasteiger partial charge >= 0.3 is 5.69 Å². The average Bonchev–Trinajstić information content (AvgIpc) is 3.65. The molecule has 7 nitrogen and oxygen atoms in total. The summed E-state index contributed by atoms with van der Waals surface area (Å²) in [5.74, 6) is 0.905. The van der Waals surface area contributed by atoms with E-state index in [4.69, 9.17) is 11.6 Å². The van der Waals surface area contributed by atoms with Gasteiger partial charge in [0.15, 0.2) is 0 Å². The van der Waals surface area contributed by atoms with Gasteiger partial charge in [-0.1, -0.05) is 11.6 Å². The van der Waals surface area contributed by atoms with Crippen LogP contribution < -0.4 is 15.9 Å². The molecule has 0 spiro atoms. The van der Waals surface area contributed by atoms with Gasteiger partial charge in [-0.25, -0.2) is 9.48 Å². The zero-order valence-corrected chi connectivity index (χ0v) is 21.0. The molecule has 35 heavy (non-hydrogen) atoms. The van der Waals surface area contributed by atoms with E-state index in [1.54, 1.807) is 16.0 Å². The molecule has 1 fully saturated rings. The van der Waals surface area contributed by atoms with E-state index in [-0.39, 0.29) is 5.69 Å². The molecule has 3 aliphatic rings. The van der Waals surface area contributed by atoms with Gasteiger partial charge in [0.1, 0.15) is 5.82 Å². The Hall–Kier alpha value is -2.68. The zero-order chi connectivity index (χ0) is 23.5. The topological polar surface area (TPSA) is 68.0 Å². The van der Waals surface area contributed by atoms with Crippen LogP contribution in [0.15, 0.2) is 35.3 Å². The predicted molar refractivity (Wildman–Crippen MR) is 141 cm³/mol. The van der Waals surface area contributed by atoms with Crippen LogP contribution in [0.25, 0.3) is 21.3 Å². The Morgan fingerprint density at radius 3 is 2.91 bits per heavy atom. The van der Waals surface area contributed by atoms with E-state index in [1.165, 1.54) is 28.8 Å². The first-order valence-electron chi connectivity index (χ1n) is 12.5. The van der Waals surface area contributed by atoms with Gasteiger partial charge in [-0.2, -0.15) is 5.10 Å². The van der Waals surface area contributed by atoms with Gasteiger partial charge < -0.3 is 10.2 Å². The van der Waals surface area contributed by atoms with Crippen molar-refractivity contribution in [2.24, 2.45) is 0 Å². The second-order valence-corrected chi connectivity index (χ2v) is 11.4. The number of benzene rings is 1. The lowest BCUT2D eigenvalue weighted by Gasteiger charge is -2.38. The van der Waals surface area contributed by atoms with E-state index >= 15 is 0 Å². The van der Waals surface area contributed by atoms with Crippen molar-refractivity contribution in [3.63, 3.8) is 0 Å². The number of pyridine rings is 1. The van der Waals surface area contributed by atoms with E-state index in [2.05, 4.69) is 44.6 Å². The van der Waals surface area contributed by atoms with Gasteiger partial charge in [0, 0.05) is 65.0 Å². The number of thiophene rings is 1. The molecular formula is C26H27ClN6OS. The number of aryl methyl sites for hydroxylation is 2. The Bertz CT molecular complexity index is 1500. The summed E-state index contributed by atoms with van der Waals surface area (Å²) < 4.78 is 4.55. The molecule has 0 amide bonds. The minimum atomic E-state index is -0.00661. The third kappa shape index (κ3) is 3.61. The Balaban J connectivity index is 1.33. The average molecular weight is 507 g/mol. The smallest absolute Gasteiger partial charge is 0.346 e. The van der Waals surface area contributed by atoms with Gasteiger partial charge in [0.25, 0.3) is 0 Å². The van der Waals surface area contributed by atoms with Gasteiger partial charge in [0.05, 0.1) is 16.8 Å². The fourth-order valence-electron chi connectivity index (χ4n) is 6.03. The van der Waals surface area contributed by atoms with Gasteiger partial charge in [-0.15, -0.1) is 11.3 Å². The van der Waals surface area contributed by atoms with Crippen molar-refractivity contribution in [1.82, 2.24) is 24.6 Å². The van der Waals surface area contributed by atoms with Crippen LogP contribution in [0, 0.1) is 0 Å². The minimum absolute atomic E-state index is 0.00661. The molecule has 9 heteroatoms. The van der Waals surface area contributed by atoms with Gasteiger partial charge in [-0.3, -0.25) is 9.55 Å². The molecular weight excluding hydrogens is 480 g/mol. The number of fused-ring (bicyclic) bond motifs is 3. The molecule has 0 saturated carbocycles. The SMILES string of the molecule is O=c1n(Cc2cc3nccc(-c4cc(Cl)cc5c4N([C@H]4CCNC4)CCC5)c3s2)nc2n1CCC2. The van der Waals surface area contributed by atoms with Crippen molar-refractivity contribution >= 4 is 38.8 Å². The van der Waals surface area contributed by atoms with Crippen LogP contribution in [-0.4, -0.2) is 45.0 Å². The standard InChI is InChI=1S/C26H27ClN6OS/c27-17-11-16-3-1-9-31(18-5-7-28-14-18)24(16)21(12-17)20-6-8-29-22-13-19(35-25(20)22)15-33-26(34)32-10-2-4-23(32)30-33/h6,8,11-13,18,28H,1-5,7,9-10,14-15H2/t18-/m0/s1. The van der Waals surface area contributed by atoms with Crippen molar-refractivity contribution in [1.29, 1.82) is 0 Å². The maximum Gasteiger partial charge on any atom is 0.346 e. The number of rotatable bonds is 4. The summed E-state index contributed by atoms with van der Waals surface area (Å²) in [5.41, 5.74) is 5.99. The van der Waals surface area contributed by atoms with Crippen molar-refractivity contribution in [2.75, 3.05) is 24.5 Å². The highest BCUT2D eigenvalue weighted by Gasteiger charge is 2.30. The molecule has 0 bridgehead atoms. The van der Waals surface area contributed by atoms with Crippen LogP contribution in [0.4, 0.5) is 5.69 Å². The van der Waals surface area contributed by atoms with Crippen LogP contribution in [0.5, 0.6) is 0 Å². The summed E-state index contributed by atoms with van der Waals surface area (Å²) in [7, 11) is 0. The first-order valence-corrected chi connectivity index (χ1v) is 13.7. The third-order valence-electron chi connectivity index (χ3n) is 7.60. The molecule has 0 radical (unpaired) electrons. The third-order valence-corrected chi connectivity index (χ3v) is 8.96. The Kier molecular flexibility index (Phi) is 5.22. The normalized spacial score (nSPS) is 19.5. The quantitative estimate of drug-likeness (QED) is 0.451. The molecule has 3 aliphatic heterocycles. The predicted octanol–water partition coefficient (Wildman–Crippen LogP) is 4.08. The zero-order valence-electron chi connectivity index (χ0n) is 19.5. The lowest BCUT2D eigenvalue weighted by molar-refractivity contribution is 0.592. The lowest BCUT2D eigenvalue weighted by atomic mass is 9.92. The van der Waals surface area contributed by atoms with E-state index in [0.29, 0.717) is 12.6 Å². The van der Waals surface area contributed by atoms with E-state index in [1.807, 2.05) is 10.8 Å². The molecule has 4 aromatic rings. The summed E-state index contributed by atoms with van der Waals surface area (Å²) in [4.78, 5) is 21.1. The number of anilines is 1. The fraction of sp³-hybridized carbons (Fsp3) is 0.423. The van der Waals surface area contributed by atoms with Crippen LogP contribution >= 0.6 is 22.9 Å². The first-order chi connectivity index (χ1) is 17.2. The largest absolute Gasteiger partial charge is 0.366 e. The number of nitrogens with zero attached hydrogens (tertiary/aromatic N) is 5. The second kappa shape index (κ2) is 8.47. The Morgan fingerprint density at radius 2 is 2.06 bits per heavy atom. The highest BCUT2D eigenvalue weighted by molar-refractivity contribution is 7.19. The molecule has 7 rings (SSSR count). The molecule has 3 aromatic heterocycles. The number of hydrogen-bond acceptors (Lipinski definition) is 6. The number of nitrogens with one attached hydrogen (secondary N) is 1. The summed E-state index contributed by atoms with van der Waals surface area (Å²) in [5, 5.41) is 8.90. The highest BCUT2D eigenvalue weighted by atomic mass is 35.5. The molecule has 180 valence electrons. The molecule has 1 N–H and O–H groups in total. The summed E-state index contributed by atoms with van der Waals surface area (Å²) >= 11 is 8.37. The van der Waals surface area contributed by atoms with Crippen LogP contribution in [0.2, 0.25) is 5.02 Å². The minimum Gasteiger partial charge on any atom is -0.366 e. The van der Waals surface area contributed by atoms with Crippen LogP contribution in [0.1, 0.15) is 35.5 Å². The Labute approximate surface area is 212 Å². The number of aromatic nitrogens is 4. The first kappa shape index (κ1) is 21.6. The van der Waals surface area contributed by atoms with Gasteiger partial charge in [0.2, 0.25) is 0 Å². The second-order valence-electron chi connectivity index (χ2n) is 9.80. The Morgan fingerprint density at radius 1 is 1.14 bits per heavy atom.